The van der Waals surface area contributed by atoms with Gasteiger partial charge in [-0.15, -0.1) is 13.2 Å². The van der Waals surface area contributed by atoms with Crippen LogP contribution < -0.4 is 15.2 Å². The molecule has 6 nitrogen and oxygen atoms in total. The van der Waals surface area contributed by atoms with Gasteiger partial charge in [-0.2, -0.15) is 0 Å². The Balaban J connectivity index is 3.24. The molecule has 2 N–H and O–H groups in total. The SMILES string of the molecule is CCOC(=O)Cc1c(OC(F)(F)F)cc(CN)nc1OC. The van der Waals surface area contributed by atoms with Crippen molar-refractivity contribution in [1.82, 2.24) is 4.98 Å². The van der Waals surface area contributed by atoms with Crippen LogP contribution in [0, 0.1) is 0 Å². The molecule has 0 fully saturated rings. The van der Waals surface area contributed by atoms with E-state index in [4.69, 9.17) is 15.2 Å². The molecule has 1 heterocycles. The number of nitrogens with zero attached hydrogens (tertiary/aromatic N) is 1. The van der Waals surface area contributed by atoms with Crippen LogP contribution in [0.2, 0.25) is 0 Å². The Hall–Kier alpha value is -2.03. The van der Waals surface area contributed by atoms with Crippen molar-refractivity contribution in [2.45, 2.75) is 26.3 Å². The summed E-state index contributed by atoms with van der Waals surface area (Å²) in [6.07, 6.45) is -5.37. The first-order valence-electron chi connectivity index (χ1n) is 5.99. The molecule has 0 bridgehead atoms. The average molecular weight is 308 g/mol. The molecule has 0 aromatic carbocycles. The molecule has 9 heteroatoms. The summed E-state index contributed by atoms with van der Waals surface area (Å²) >= 11 is 0. The Labute approximate surface area is 119 Å². The number of halogens is 3. The normalized spacial score (nSPS) is 11.1. The molecule has 1 rings (SSSR count). The lowest BCUT2D eigenvalue weighted by Gasteiger charge is -2.16. The minimum absolute atomic E-state index is 0.102. The van der Waals surface area contributed by atoms with Crippen molar-refractivity contribution in [2.75, 3.05) is 13.7 Å². The van der Waals surface area contributed by atoms with Crippen LogP contribution in [0.3, 0.4) is 0 Å². The Kier molecular flexibility index (Phi) is 5.77. The van der Waals surface area contributed by atoms with Gasteiger partial charge in [-0.3, -0.25) is 4.79 Å². The smallest absolute Gasteiger partial charge is 0.481 e. The number of hydrogen-bond donors (Lipinski definition) is 1. The molecule has 0 saturated heterocycles. The highest BCUT2D eigenvalue weighted by molar-refractivity contribution is 5.74. The van der Waals surface area contributed by atoms with Crippen molar-refractivity contribution < 1.29 is 32.2 Å². The lowest BCUT2D eigenvalue weighted by atomic mass is 10.1. The number of alkyl halides is 3. The lowest BCUT2D eigenvalue weighted by Crippen LogP contribution is -2.20. The molecule has 21 heavy (non-hydrogen) atoms. The fraction of sp³-hybridized carbons (Fsp3) is 0.500. The highest BCUT2D eigenvalue weighted by Gasteiger charge is 2.33. The van der Waals surface area contributed by atoms with Gasteiger partial charge in [0.25, 0.3) is 0 Å². The molecular weight excluding hydrogens is 293 g/mol. The van der Waals surface area contributed by atoms with Crippen LogP contribution in [0.5, 0.6) is 11.6 Å². The zero-order valence-electron chi connectivity index (χ0n) is 11.5. The van der Waals surface area contributed by atoms with Crippen molar-refractivity contribution in [3.05, 3.63) is 17.3 Å². The van der Waals surface area contributed by atoms with Crippen LogP contribution in [0.15, 0.2) is 6.07 Å². The summed E-state index contributed by atoms with van der Waals surface area (Å²) in [6.45, 7) is 1.58. The number of rotatable bonds is 6. The molecule has 0 radical (unpaired) electrons. The fourth-order valence-corrected chi connectivity index (χ4v) is 1.58. The maximum atomic E-state index is 12.4. The van der Waals surface area contributed by atoms with Crippen molar-refractivity contribution in [3.63, 3.8) is 0 Å². The molecule has 0 aliphatic rings. The molecule has 0 aliphatic heterocycles. The van der Waals surface area contributed by atoms with Gasteiger partial charge in [0.1, 0.15) is 5.75 Å². The summed E-state index contributed by atoms with van der Waals surface area (Å²) in [4.78, 5) is 15.4. The van der Waals surface area contributed by atoms with E-state index in [0.717, 1.165) is 6.07 Å². The number of ether oxygens (including phenoxy) is 3. The van der Waals surface area contributed by atoms with E-state index in [1.165, 1.54) is 7.11 Å². The summed E-state index contributed by atoms with van der Waals surface area (Å²) in [5.74, 6) is -1.46. The van der Waals surface area contributed by atoms with E-state index in [9.17, 15) is 18.0 Å². The number of carbonyl (C=O) groups is 1. The molecule has 1 aromatic rings. The average Bonchev–Trinajstić information content (AvgIpc) is 2.39. The summed E-state index contributed by atoms with van der Waals surface area (Å²) in [5, 5.41) is 0. The Morgan fingerprint density at radius 1 is 1.43 bits per heavy atom. The highest BCUT2D eigenvalue weighted by Crippen LogP contribution is 2.32. The van der Waals surface area contributed by atoms with Gasteiger partial charge < -0.3 is 19.9 Å². The van der Waals surface area contributed by atoms with Gasteiger partial charge in [0.2, 0.25) is 5.88 Å². The number of carbonyl (C=O) groups excluding carboxylic acids is 1. The third kappa shape index (κ3) is 5.10. The number of pyridine rings is 1. The van der Waals surface area contributed by atoms with E-state index < -0.39 is 24.5 Å². The largest absolute Gasteiger partial charge is 0.573 e. The van der Waals surface area contributed by atoms with Gasteiger partial charge in [0.05, 0.1) is 31.4 Å². The Morgan fingerprint density at radius 2 is 2.10 bits per heavy atom. The molecule has 0 amide bonds. The molecule has 0 aliphatic carbocycles. The van der Waals surface area contributed by atoms with Crippen LogP contribution in [0.1, 0.15) is 18.2 Å². The van der Waals surface area contributed by atoms with Crippen molar-refractivity contribution in [2.24, 2.45) is 5.73 Å². The van der Waals surface area contributed by atoms with Gasteiger partial charge in [-0.25, -0.2) is 4.98 Å². The number of aromatic nitrogens is 1. The third-order valence-electron chi connectivity index (χ3n) is 2.35. The predicted octanol–water partition coefficient (Wildman–Crippen LogP) is 1.55. The second kappa shape index (κ2) is 7.11. The minimum Gasteiger partial charge on any atom is -0.481 e. The molecule has 1 aromatic heterocycles. The van der Waals surface area contributed by atoms with Crippen molar-refractivity contribution >= 4 is 5.97 Å². The monoisotopic (exact) mass is 308 g/mol. The quantitative estimate of drug-likeness (QED) is 0.803. The molecular formula is C12H15F3N2O4. The summed E-state index contributed by atoms with van der Waals surface area (Å²) in [6, 6.07) is 1.02. The topological polar surface area (TPSA) is 83.7 Å². The van der Waals surface area contributed by atoms with Crippen molar-refractivity contribution in [1.29, 1.82) is 0 Å². The number of nitrogens with two attached hydrogens (primary N) is 1. The lowest BCUT2D eigenvalue weighted by molar-refractivity contribution is -0.275. The second-order valence-corrected chi connectivity index (χ2v) is 3.83. The van der Waals surface area contributed by atoms with E-state index in [1.54, 1.807) is 6.92 Å². The van der Waals surface area contributed by atoms with Gasteiger partial charge in [-0.05, 0) is 6.92 Å². The van der Waals surface area contributed by atoms with Gasteiger partial charge in [0, 0.05) is 12.6 Å². The van der Waals surface area contributed by atoms with E-state index in [2.05, 4.69) is 9.72 Å². The van der Waals surface area contributed by atoms with Crippen LogP contribution in [0.25, 0.3) is 0 Å². The molecule has 0 atom stereocenters. The second-order valence-electron chi connectivity index (χ2n) is 3.83. The molecule has 0 spiro atoms. The van der Waals surface area contributed by atoms with Gasteiger partial charge in [0.15, 0.2) is 0 Å². The predicted molar refractivity (Wildman–Crippen MR) is 65.7 cm³/mol. The standard InChI is InChI=1S/C12H15F3N2O4/c1-3-20-10(18)5-8-9(21-12(13,14)15)4-7(6-16)17-11(8)19-2/h4H,3,5-6,16H2,1-2H3. The molecule has 0 unspecified atom stereocenters. The number of esters is 1. The summed E-state index contributed by atoms with van der Waals surface area (Å²) in [5.41, 5.74) is 5.35. The first-order valence-corrected chi connectivity index (χ1v) is 5.99. The first-order chi connectivity index (χ1) is 9.80. The van der Waals surface area contributed by atoms with Gasteiger partial charge in [-0.1, -0.05) is 0 Å². The van der Waals surface area contributed by atoms with Crippen LogP contribution in [-0.2, 0) is 22.5 Å². The number of hydrogen-bond acceptors (Lipinski definition) is 6. The van der Waals surface area contributed by atoms with Crippen LogP contribution in [0.4, 0.5) is 13.2 Å². The minimum atomic E-state index is -4.92. The van der Waals surface area contributed by atoms with E-state index >= 15 is 0 Å². The molecule has 0 saturated carbocycles. The maximum absolute atomic E-state index is 12.4. The summed E-state index contributed by atoms with van der Waals surface area (Å²) in [7, 11) is 1.22. The summed E-state index contributed by atoms with van der Waals surface area (Å²) < 4.78 is 50.9. The zero-order chi connectivity index (χ0) is 16.0. The molecule has 118 valence electrons. The Morgan fingerprint density at radius 3 is 2.57 bits per heavy atom. The van der Waals surface area contributed by atoms with Crippen LogP contribution >= 0.6 is 0 Å². The Bertz CT molecular complexity index is 506. The van der Waals surface area contributed by atoms with E-state index in [-0.39, 0.29) is 30.3 Å². The third-order valence-corrected chi connectivity index (χ3v) is 2.35. The fourth-order valence-electron chi connectivity index (χ4n) is 1.58. The number of methoxy groups -OCH3 is 1. The van der Waals surface area contributed by atoms with E-state index in [1.807, 2.05) is 0 Å². The van der Waals surface area contributed by atoms with Gasteiger partial charge >= 0.3 is 12.3 Å². The van der Waals surface area contributed by atoms with Crippen molar-refractivity contribution in [3.8, 4) is 11.6 Å². The first kappa shape index (κ1) is 17.0. The van der Waals surface area contributed by atoms with E-state index in [0.29, 0.717) is 0 Å². The highest BCUT2D eigenvalue weighted by atomic mass is 19.4. The van der Waals surface area contributed by atoms with Crippen LogP contribution in [-0.4, -0.2) is 31.0 Å². The maximum Gasteiger partial charge on any atom is 0.573 e. The zero-order valence-corrected chi connectivity index (χ0v) is 11.5.